The van der Waals surface area contributed by atoms with Crippen molar-refractivity contribution in [2.75, 3.05) is 19.6 Å². The van der Waals surface area contributed by atoms with E-state index in [1.807, 2.05) is 11.8 Å². The second-order valence-electron chi connectivity index (χ2n) is 4.60. The van der Waals surface area contributed by atoms with Crippen LogP contribution in [0.4, 0.5) is 4.79 Å². The Balaban J connectivity index is 1.73. The maximum atomic E-state index is 11.5. The quantitative estimate of drug-likeness (QED) is 0.693. The maximum Gasteiger partial charge on any atom is 0.317 e. The summed E-state index contributed by atoms with van der Waals surface area (Å²) in [6.45, 7) is 4.30. The first kappa shape index (κ1) is 9.77. The minimum absolute atomic E-state index is 0.0496. The van der Waals surface area contributed by atoms with Crippen LogP contribution < -0.4 is 11.1 Å². The van der Waals surface area contributed by atoms with Crippen LogP contribution in [0.2, 0.25) is 0 Å². The van der Waals surface area contributed by atoms with Crippen LogP contribution in [0, 0.1) is 5.92 Å². The molecular formula is C10H19N3O. The van der Waals surface area contributed by atoms with Gasteiger partial charge in [-0.2, -0.15) is 0 Å². The van der Waals surface area contributed by atoms with Gasteiger partial charge >= 0.3 is 6.03 Å². The number of likely N-dealkylation sites (tertiary alicyclic amines) is 1. The lowest BCUT2D eigenvalue weighted by molar-refractivity contribution is 0.0819. The van der Waals surface area contributed by atoms with Gasteiger partial charge in [-0.1, -0.05) is 6.92 Å². The Bertz CT molecular complexity index is 232. The number of urea groups is 1. The van der Waals surface area contributed by atoms with Crippen LogP contribution in [0.25, 0.3) is 0 Å². The molecule has 0 aromatic carbocycles. The summed E-state index contributed by atoms with van der Waals surface area (Å²) < 4.78 is 0. The number of rotatable bonds is 3. The minimum Gasteiger partial charge on any atom is -0.338 e. The molecule has 4 heteroatoms. The number of hydrogen-bond acceptors (Lipinski definition) is 2. The molecule has 0 atom stereocenters. The van der Waals surface area contributed by atoms with Gasteiger partial charge in [0.2, 0.25) is 0 Å². The predicted molar refractivity (Wildman–Crippen MR) is 54.9 cm³/mol. The SMILES string of the molecule is CCCNC(=O)N1CC(N)(C2CC2)C1. The van der Waals surface area contributed by atoms with Gasteiger partial charge in [-0.3, -0.25) is 0 Å². The second-order valence-corrected chi connectivity index (χ2v) is 4.60. The lowest BCUT2D eigenvalue weighted by atomic mass is 9.86. The molecule has 3 N–H and O–H groups in total. The van der Waals surface area contributed by atoms with Crippen molar-refractivity contribution < 1.29 is 4.79 Å². The smallest absolute Gasteiger partial charge is 0.317 e. The molecule has 0 radical (unpaired) electrons. The molecule has 1 aliphatic carbocycles. The molecule has 2 aliphatic rings. The van der Waals surface area contributed by atoms with Gasteiger partial charge in [-0.05, 0) is 25.2 Å². The molecule has 1 saturated carbocycles. The number of amides is 2. The van der Waals surface area contributed by atoms with Crippen molar-refractivity contribution in [3.05, 3.63) is 0 Å². The van der Waals surface area contributed by atoms with Crippen molar-refractivity contribution in [1.29, 1.82) is 0 Å². The highest BCUT2D eigenvalue weighted by Gasteiger charge is 2.51. The highest BCUT2D eigenvalue weighted by atomic mass is 16.2. The molecule has 0 bridgehead atoms. The largest absolute Gasteiger partial charge is 0.338 e. The Morgan fingerprint density at radius 3 is 2.71 bits per heavy atom. The van der Waals surface area contributed by atoms with Gasteiger partial charge in [0.15, 0.2) is 0 Å². The van der Waals surface area contributed by atoms with Gasteiger partial charge in [0.05, 0.1) is 5.54 Å². The molecule has 14 heavy (non-hydrogen) atoms. The Kier molecular flexibility index (Phi) is 2.39. The van der Waals surface area contributed by atoms with Crippen LogP contribution in [0.15, 0.2) is 0 Å². The highest BCUT2D eigenvalue weighted by molar-refractivity contribution is 5.75. The summed E-state index contributed by atoms with van der Waals surface area (Å²) in [4.78, 5) is 13.3. The number of hydrogen-bond donors (Lipinski definition) is 2. The Labute approximate surface area is 84.8 Å². The second kappa shape index (κ2) is 3.42. The van der Waals surface area contributed by atoms with Crippen LogP contribution >= 0.6 is 0 Å². The van der Waals surface area contributed by atoms with Crippen molar-refractivity contribution >= 4 is 6.03 Å². The summed E-state index contributed by atoms with van der Waals surface area (Å²) in [6, 6.07) is 0.0496. The summed E-state index contributed by atoms with van der Waals surface area (Å²) >= 11 is 0. The van der Waals surface area contributed by atoms with Crippen LogP contribution in [0.5, 0.6) is 0 Å². The molecule has 0 unspecified atom stereocenters. The molecule has 0 aromatic heterocycles. The number of nitrogens with zero attached hydrogens (tertiary/aromatic N) is 1. The summed E-state index contributed by atoms with van der Waals surface area (Å²) in [5.74, 6) is 0.678. The molecule has 80 valence electrons. The van der Waals surface area contributed by atoms with E-state index in [9.17, 15) is 4.79 Å². The third kappa shape index (κ3) is 1.71. The molecule has 2 fully saturated rings. The summed E-state index contributed by atoms with van der Waals surface area (Å²) in [7, 11) is 0. The zero-order chi connectivity index (χ0) is 10.2. The van der Waals surface area contributed by atoms with Crippen molar-refractivity contribution in [2.45, 2.75) is 31.7 Å². The molecule has 1 heterocycles. The number of carbonyl (C=O) groups is 1. The third-order valence-electron chi connectivity index (χ3n) is 3.17. The normalized spacial score (nSPS) is 24.3. The standard InChI is InChI=1S/C10H19N3O/c1-2-5-12-9(14)13-6-10(11,7-13)8-3-4-8/h8H,2-7,11H2,1H3,(H,12,14). The molecule has 1 aliphatic heterocycles. The Hall–Kier alpha value is -0.770. The van der Waals surface area contributed by atoms with Crippen LogP contribution in [-0.4, -0.2) is 36.1 Å². The van der Waals surface area contributed by atoms with Crippen molar-refractivity contribution in [3.8, 4) is 0 Å². The fourth-order valence-electron chi connectivity index (χ4n) is 2.07. The first-order valence-corrected chi connectivity index (χ1v) is 5.47. The monoisotopic (exact) mass is 197 g/mol. The molecule has 0 spiro atoms. The van der Waals surface area contributed by atoms with Crippen molar-refractivity contribution in [2.24, 2.45) is 11.7 Å². The van der Waals surface area contributed by atoms with E-state index in [2.05, 4.69) is 5.32 Å². The summed E-state index contributed by atoms with van der Waals surface area (Å²) in [5, 5.41) is 2.86. The van der Waals surface area contributed by atoms with E-state index in [0.29, 0.717) is 5.92 Å². The van der Waals surface area contributed by atoms with Crippen molar-refractivity contribution in [3.63, 3.8) is 0 Å². The first-order valence-electron chi connectivity index (χ1n) is 5.47. The third-order valence-corrected chi connectivity index (χ3v) is 3.17. The van der Waals surface area contributed by atoms with Gasteiger partial charge in [-0.25, -0.2) is 4.79 Å². The average Bonchev–Trinajstić information content (AvgIpc) is 2.92. The zero-order valence-electron chi connectivity index (χ0n) is 8.75. The lowest BCUT2D eigenvalue weighted by Gasteiger charge is -2.48. The van der Waals surface area contributed by atoms with Crippen LogP contribution in [0.3, 0.4) is 0 Å². The van der Waals surface area contributed by atoms with E-state index in [1.54, 1.807) is 0 Å². The molecule has 2 amide bonds. The number of carbonyl (C=O) groups excluding carboxylic acids is 1. The maximum absolute atomic E-state index is 11.5. The van der Waals surface area contributed by atoms with E-state index in [1.165, 1.54) is 12.8 Å². The highest BCUT2D eigenvalue weighted by Crippen LogP contribution is 2.42. The first-order chi connectivity index (χ1) is 6.65. The average molecular weight is 197 g/mol. The number of nitrogens with one attached hydrogen (secondary N) is 1. The van der Waals surface area contributed by atoms with Gasteiger partial charge in [0.1, 0.15) is 0 Å². The molecule has 1 saturated heterocycles. The number of nitrogens with two attached hydrogens (primary N) is 1. The summed E-state index contributed by atoms with van der Waals surface area (Å²) in [5.41, 5.74) is 6.09. The van der Waals surface area contributed by atoms with E-state index in [-0.39, 0.29) is 11.6 Å². The van der Waals surface area contributed by atoms with Gasteiger partial charge in [0, 0.05) is 19.6 Å². The zero-order valence-corrected chi connectivity index (χ0v) is 8.75. The molecule has 4 nitrogen and oxygen atoms in total. The van der Waals surface area contributed by atoms with Gasteiger partial charge < -0.3 is 16.0 Å². The van der Waals surface area contributed by atoms with E-state index >= 15 is 0 Å². The van der Waals surface area contributed by atoms with Gasteiger partial charge in [0.25, 0.3) is 0 Å². The van der Waals surface area contributed by atoms with E-state index < -0.39 is 0 Å². The molecule has 0 aromatic rings. The van der Waals surface area contributed by atoms with E-state index in [0.717, 1.165) is 26.1 Å². The predicted octanol–water partition coefficient (Wildman–Crippen LogP) is 0.529. The minimum atomic E-state index is -0.0520. The summed E-state index contributed by atoms with van der Waals surface area (Å²) in [6.07, 6.45) is 3.48. The Morgan fingerprint density at radius 2 is 2.21 bits per heavy atom. The molecular weight excluding hydrogens is 178 g/mol. The molecule has 2 rings (SSSR count). The van der Waals surface area contributed by atoms with E-state index in [4.69, 9.17) is 5.73 Å². The van der Waals surface area contributed by atoms with Crippen LogP contribution in [-0.2, 0) is 0 Å². The topological polar surface area (TPSA) is 58.4 Å². The fraction of sp³-hybridized carbons (Fsp3) is 0.900. The van der Waals surface area contributed by atoms with Crippen LogP contribution in [0.1, 0.15) is 26.2 Å². The Morgan fingerprint density at radius 1 is 1.57 bits per heavy atom. The van der Waals surface area contributed by atoms with Gasteiger partial charge in [-0.15, -0.1) is 0 Å². The lowest BCUT2D eigenvalue weighted by Crippen LogP contribution is -2.71. The van der Waals surface area contributed by atoms with Crippen molar-refractivity contribution in [1.82, 2.24) is 10.2 Å². The fourth-order valence-corrected chi connectivity index (χ4v) is 2.07.